The Kier molecular flexibility index (Phi) is 6.38. The van der Waals surface area contributed by atoms with Crippen LogP contribution >= 0.6 is 23.1 Å². The fourth-order valence-electron chi connectivity index (χ4n) is 2.98. The van der Waals surface area contributed by atoms with Gasteiger partial charge in [0.05, 0.1) is 15.8 Å². The molecular weight excluding hydrogens is 459 g/mol. The molecule has 32 heavy (non-hydrogen) atoms. The van der Waals surface area contributed by atoms with E-state index >= 15 is 0 Å². The third kappa shape index (κ3) is 5.23. The van der Waals surface area contributed by atoms with Crippen LogP contribution in [0.25, 0.3) is 20.8 Å². The summed E-state index contributed by atoms with van der Waals surface area (Å²) in [5.74, 6) is 0.140. The van der Waals surface area contributed by atoms with E-state index in [1.165, 1.54) is 23.5 Å². The summed E-state index contributed by atoms with van der Waals surface area (Å²) in [7, 11) is 0. The molecule has 0 fully saturated rings. The van der Waals surface area contributed by atoms with E-state index in [1.54, 1.807) is 23.9 Å². The second kappa shape index (κ2) is 9.22. The normalized spacial score (nSPS) is 11.6. The zero-order chi connectivity index (χ0) is 22.7. The predicted octanol–water partition coefficient (Wildman–Crippen LogP) is 6.74. The van der Waals surface area contributed by atoms with Crippen LogP contribution in [0.15, 0.2) is 71.6 Å². The van der Waals surface area contributed by atoms with Gasteiger partial charge in [-0.15, -0.1) is 23.1 Å². The number of carboxylic acids is 1. The topological polar surface area (TPSA) is 59.4 Å². The van der Waals surface area contributed by atoms with Gasteiger partial charge in [-0.05, 0) is 48.0 Å². The van der Waals surface area contributed by atoms with Crippen molar-refractivity contribution in [2.75, 3.05) is 6.61 Å². The Morgan fingerprint density at radius 2 is 1.75 bits per heavy atom. The Bertz CT molecular complexity index is 1240. The van der Waals surface area contributed by atoms with E-state index in [0.717, 1.165) is 32.8 Å². The number of nitrogens with zero attached hydrogens (tertiary/aromatic N) is 1. The van der Waals surface area contributed by atoms with Crippen molar-refractivity contribution in [2.24, 2.45) is 0 Å². The molecule has 0 aliphatic heterocycles. The lowest BCUT2D eigenvalue weighted by Gasteiger charge is -2.06. The van der Waals surface area contributed by atoms with E-state index in [-0.39, 0.29) is 6.61 Å². The van der Waals surface area contributed by atoms with Gasteiger partial charge in [-0.1, -0.05) is 24.3 Å². The number of fused-ring (bicyclic) bond motifs is 1. The third-order valence-corrected chi connectivity index (χ3v) is 6.79. The molecule has 0 radical (unpaired) electrons. The Labute approximate surface area is 189 Å². The number of aliphatic carboxylic acids is 1. The van der Waals surface area contributed by atoms with E-state index in [1.807, 2.05) is 30.3 Å². The Morgan fingerprint density at radius 3 is 2.41 bits per heavy atom. The Morgan fingerprint density at radius 1 is 1.03 bits per heavy atom. The van der Waals surface area contributed by atoms with Crippen molar-refractivity contribution in [3.05, 3.63) is 77.9 Å². The van der Waals surface area contributed by atoms with Crippen LogP contribution in [0.4, 0.5) is 13.2 Å². The number of halogens is 3. The van der Waals surface area contributed by atoms with E-state index in [2.05, 4.69) is 4.98 Å². The number of thiazole rings is 1. The summed E-state index contributed by atoms with van der Waals surface area (Å²) >= 11 is 3.07. The van der Waals surface area contributed by atoms with E-state index in [4.69, 9.17) is 9.84 Å². The summed E-state index contributed by atoms with van der Waals surface area (Å²) in [5, 5.41) is 9.34. The molecule has 0 atom stereocenters. The van der Waals surface area contributed by atoms with Gasteiger partial charge in [-0.25, -0.2) is 9.78 Å². The monoisotopic (exact) mass is 475 g/mol. The smallest absolute Gasteiger partial charge is 0.416 e. The Balaban J connectivity index is 1.49. The molecule has 3 aromatic carbocycles. The molecule has 0 bridgehead atoms. The quantitative estimate of drug-likeness (QED) is 0.300. The van der Waals surface area contributed by atoms with Crippen LogP contribution in [0.2, 0.25) is 0 Å². The average Bonchev–Trinajstić information content (AvgIpc) is 3.21. The van der Waals surface area contributed by atoms with E-state index in [0.29, 0.717) is 22.1 Å². The number of hydrogen-bond acceptors (Lipinski definition) is 5. The lowest BCUT2D eigenvalue weighted by atomic mass is 10.1. The molecule has 9 heteroatoms. The number of benzene rings is 3. The maximum Gasteiger partial charge on any atom is 0.416 e. The highest BCUT2D eigenvalue weighted by Gasteiger charge is 2.30. The van der Waals surface area contributed by atoms with Gasteiger partial charge in [0.15, 0.2) is 6.61 Å². The first-order chi connectivity index (χ1) is 15.3. The number of alkyl halides is 3. The van der Waals surface area contributed by atoms with Gasteiger partial charge in [-0.2, -0.15) is 13.2 Å². The Hall–Kier alpha value is -3.04. The van der Waals surface area contributed by atoms with Crippen molar-refractivity contribution in [3.8, 4) is 16.3 Å². The zero-order valence-electron chi connectivity index (χ0n) is 16.4. The summed E-state index contributed by atoms with van der Waals surface area (Å²) in [6.45, 7) is -0.388. The summed E-state index contributed by atoms with van der Waals surface area (Å²) in [4.78, 5) is 16.2. The first-order valence-corrected chi connectivity index (χ1v) is 11.2. The van der Waals surface area contributed by atoms with Crippen LogP contribution in [0, 0.1) is 0 Å². The number of rotatable bonds is 7. The number of carboxylic acid groups (broad SMARTS) is 1. The fourth-order valence-corrected chi connectivity index (χ4v) is 5.05. The minimum absolute atomic E-state index is 0.388. The first kappa shape index (κ1) is 22.2. The van der Waals surface area contributed by atoms with Gasteiger partial charge in [0.2, 0.25) is 0 Å². The van der Waals surface area contributed by atoms with E-state index < -0.39 is 17.7 Å². The van der Waals surface area contributed by atoms with Crippen LogP contribution in [-0.4, -0.2) is 22.7 Å². The number of ether oxygens (including phenoxy) is 1. The van der Waals surface area contributed by atoms with E-state index in [9.17, 15) is 18.0 Å². The van der Waals surface area contributed by atoms with Crippen LogP contribution < -0.4 is 4.74 Å². The van der Waals surface area contributed by atoms with Crippen LogP contribution in [0.5, 0.6) is 5.75 Å². The molecule has 0 amide bonds. The molecule has 1 heterocycles. The van der Waals surface area contributed by atoms with Crippen molar-refractivity contribution in [2.45, 2.75) is 16.8 Å². The zero-order valence-corrected chi connectivity index (χ0v) is 18.1. The predicted molar refractivity (Wildman–Crippen MR) is 119 cm³/mol. The second-order valence-electron chi connectivity index (χ2n) is 6.80. The molecule has 4 nitrogen and oxygen atoms in total. The highest BCUT2D eigenvalue weighted by atomic mass is 32.2. The third-order valence-electron chi connectivity index (χ3n) is 4.54. The maximum atomic E-state index is 12.8. The van der Waals surface area contributed by atoms with Gasteiger partial charge in [0, 0.05) is 16.2 Å². The lowest BCUT2D eigenvalue weighted by Crippen LogP contribution is -2.09. The highest BCUT2D eigenvalue weighted by molar-refractivity contribution is 7.98. The molecule has 0 unspecified atom stereocenters. The molecule has 1 aromatic heterocycles. The molecule has 0 aliphatic carbocycles. The van der Waals surface area contributed by atoms with Crippen molar-refractivity contribution < 1.29 is 27.8 Å². The maximum absolute atomic E-state index is 12.8. The lowest BCUT2D eigenvalue weighted by molar-refractivity contribution is -0.139. The number of thioether (sulfide) groups is 1. The largest absolute Gasteiger partial charge is 0.482 e. The fraction of sp³-hybridized carbons (Fsp3) is 0.130. The molecule has 164 valence electrons. The van der Waals surface area contributed by atoms with Gasteiger partial charge in [0.25, 0.3) is 0 Å². The molecular formula is C23H16F3NO3S2. The number of carbonyl (C=O) groups is 1. The van der Waals surface area contributed by atoms with Gasteiger partial charge in [0.1, 0.15) is 10.8 Å². The SMILES string of the molecule is O=C(O)COc1ccc(SCc2cccc3nc(-c4ccc(C(F)(F)F)cc4)sc23)cc1. The molecule has 0 saturated carbocycles. The second-order valence-corrected chi connectivity index (χ2v) is 8.85. The first-order valence-electron chi connectivity index (χ1n) is 9.43. The van der Waals surface area contributed by atoms with Crippen molar-refractivity contribution >= 4 is 39.3 Å². The van der Waals surface area contributed by atoms with Crippen molar-refractivity contribution in [1.29, 1.82) is 0 Å². The summed E-state index contributed by atoms with van der Waals surface area (Å²) < 4.78 is 44.6. The number of hydrogen-bond donors (Lipinski definition) is 1. The molecule has 0 aliphatic rings. The summed E-state index contributed by atoms with van der Waals surface area (Å²) in [6, 6.07) is 18.0. The summed E-state index contributed by atoms with van der Waals surface area (Å²) in [5.41, 5.74) is 1.85. The van der Waals surface area contributed by atoms with Gasteiger partial charge in [-0.3, -0.25) is 0 Å². The molecule has 0 spiro atoms. The molecule has 0 saturated heterocycles. The van der Waals surface area contributed by atoms with Crippen LogP contribution in [-0.2, 0) is 16.7 Å². The standard InChI is InChI=1S/C23H16F3NO3S2/c24-23(25,26)16-6-4-14(5-7-16)22-27-19-3-1-2-15(21(19)32-22)13-31-18-10-8-17(9-11-18)30-12-20(28)29/h1-11H,12-13H2,(H,28,29). The minimum Gasteiger partial charge on any atom is -0.482 e. The molecule has 1 N–H and O–H groups in total. The minimum atomic E-state index is -4.36. The van der Waals surface area contributed by atoms with Crippen LogP contribution in [0.3, 0.4) is 0 Å². The molecule has 4 rings (SSSR count). The van der Waals surface area contributed by atoms with Crippen LogP contribution in [0.1, 0.15) is 11.1 Å². The molecule has 4 aromatic rings. The number of aromatic nitrogens is 1. The van der Waals surface area contributed by atoms with Crippen molar-refractivity contribution in [1.82, 2.24) is 4.98 Å². The average molecular weight is 476 g/mol. The summed E-state index contributed by atoms with van der Waals surface area (Å²) in [6.07, 6.45) is -4.36. The van der Waals surface area contributed by atoms with Gasteiger partial charge < -0.3 is 9.84 Å². The van der Waals surface area contributed by atoms with Crippen molar-refractivity contribution in [3.63, 3.8) is 0 Å². The highest BCUT2D eigenvalue weighted by Crippen LogP contribution is 2.36. The van der Waals surface area contributed by atoms with Gasteiger partial charge >= 0.3 is 12.1 Å².